The molecule has 1 aliphatic rings. The van der Waals surface area contributed by atoms with Crippen molar-refractivity contribution in [2.75, 3.05) is 11.9 Å². The van der Waals surface area contributed by atoms with Gasteiger partial charge < -0.3 is 15.4 Å². The Kier molecular flexibility index (Phi) is 7.17. The lowest BCUT2D eigenvalue weighted by Crippen LogP contribution is -2.38. The molecule has 1 aromatic carbocycles. The molecule has 0 atom stereocenters. The molecular formula is C16H19F4N3O3S. The van der Waals surface area contributed by atoms with E-state index in [4.69, 9.17) is 12.2 Å². The number of nitro groups is 1. The van der Waals surface area contributed by atoms with Gasteiger partial charge in [0.25, 0.3) is 5.69 Å². The maximum absolute atomic E-state index is 13.0. The van der Waals surface area contributed by atoms with Crippen molar-refractivity contribution in [2.45, 2.75) is 50.5 Å². The Morgan fingerprint density at radius 1 is 1.30 bits per heavy atom. The van der Waals surface area contributed by atoms with E-state index in [1.165, 1.54) is 6.07 Å². The van der Waals surface area contributed by atoms with Gasteiger partial charge in [-0.05, 0) is 25.1 Å². The van der Waals surface area contributed by atoms with Crippen LogP contribution in [0.1, 0.15) is 32.1 Å². The minimum Gasteiger partial charge on any atom is -0.487 e. The molecule has 1 saturated carbocycles. The predicted molar refractivity (Wildman–Crippen MR) is 95.8 cm³/mol. The number of nitrogens with zero attached hydrogens (tertiary/aromatic N) is 1. The summed E-state index contributed by atoms with van der Waals surface area (Å²) < 4.78 is 55.1. The molecule has 0 amide bonds. The van der Waals surface area contributed by atoms with E-state index in [-0.39, 0.29) is 22.6 Å². The predicted octanol–water partition coefficient (Wildman–Crippen LogP) is 4.49. The summed E-state index contributed by atoms with van der Waals surface area (Å²) in [5.74, 6) is -4.71. The molecule has 6 nitrogen and oxygen atoms in total. The molecule has 0 radical (unpaired) electrons. The number of alkyl halides is 4. The van der Waals surface area contributed by atoms with E-state index < -0.39 is 29.6 Å². The number of benzene rings is 1. The molecule has 0 spiro atoms. The highest BCUT2D eigenvalue weighted by atomic mass is 32.1. The van der Waals surface area contributed by atoms with Crippen LogP contribution < -0.4 is 15.4 Å². The van der Waals surface area contributed by atoms with E-state index >= 15 is 0 Å². The summed E-state index contributed by atoms with van der Waals surface area (Å²) in [7, 11) is 0. The Labute approximate surface area is 158 Å². The van der Waals surface area contributed by atoms with Gasteiger partial charge in [-0.25, -0.2) is 8.78 Å². The number of hydrogen-bond donors (Lipinski definition) is 2. The molecule has 2 N–H and O–H groups in total. The highest BCUT2D eigenvalue weighted by Gasteiger charge is 2.41. The quantitative estimate of drug-likeness (QED) is 0.299. The molecule has 0 aromatic heterocycles. The second-order valence-electron chi connectivity index (χ2n) is 6.26. The molecule has 27 heavy (non-hydrogen) atoms. The standard InChI is InChI=1S/C16H19F4N3O3S/c17-14(18)16(19,20)9-26-13-7-11(6-12(8-13)23(24)25)22-15(27)21-10-4-2-1-3-5-10/h6-8,10,14H,1-5,9H2,(H2,21,22,27). The normalized spacial score (nSPS) is 15.4. The molecule has 0 aliphatic heterocycles. The molecule has 1 aromatic rings. The molecule has 150 valence electrons. The lowest BCUT2D eigenvalue weighted by Gasteiger charge is -2.24. The summed E-state index contributed by atoms with van der Waals surface area (Å²) in [5, 5.41) is 17.1. The molecule has 0 saturated heterocycles. The van der Waals surface area contributed by atoms with E-state index in [2.05, 4.69) is 15.4 Å². The molecule has 2 rings (SSSR count). The lowest BCUT2D eigenvalue weighted by atomic mass is 9.96. The largest absolute Gasteiger partial charge is 0.487 e. The fourth-order valence-corrected chi connectivity index (χ4v) is 2.97. The number of hydrogen-bond acceptors (Lipinski definition) is 4. The van der Waals surface area contributed by atoms with Crippen LogP contribution in [0.3, 0.4) is 0 Å². The van der Waals surface area contributed by atoms with Gasteiger partial charge in [-0.15, -0.1) is 0 Å². The van der Waals surface area contributed by atoms with Gasteiger partial charge in [0, 0.05) is 18.2 Å². The van der Waals surface area contributed by atoms with Crippen LogP contribution in [0.2, 0.25) is 0 Å². The van der Waals surface area contributed by atoms with Gasteiger partial charge in [0.1, 0.15) is 5.75 Å². The molecule has 11 heteroatoms. The summed E-state index contributed by atoms with van der Waals surface area (Å²) in [6.45, 7) is -1.60. The SMILES string of the molecule is O=[N+]([O-])c1cc(NC(=S)NC2CCCCC2)cc(OCC(F)(F)C(F)F)c1. The van der Waals surface area contributed by atoms with Crippen molar-refractivity contribution < 1.29 is 27.2 Å². The number of anilines is 1. The second kappa shape index (κ2) is 9.16. The van der Waals surface area contributed by atoms with Crippen molar-refractivity contribution >= 4 is 28.7 Å². The van der Waals surface area contributed by atoms with Gasteiger partial charge >= 0.3 is 12.3 Å². The zero-order valence-electron chi connectivity index (χ0n) is 14.2. The number of thiocarbonyl (C=S) groups is 1. The monoisotopic (exact) mass is 409 g/mol. The van der Waals surface area contributed by atoms with Crippen LogP contribution in [0.5, 0.6) is 5.75 Å². The van der Waals surface area contributed by atoms with Gasteiger partial charge in [0.05, 0.1) is 16.7 Å². The van der Waals surface area contributed by atoms with Crippen LogP contribution in [0.15, 0.2) is 18.2 Å². The second-order valence-corrected chi connectivity index (χ2v) is 6.66. The topological polar surface area (TPSA) is 76.4 Å². The molecule has 1 fully saturated rings. The van der Waals surface area contributed by atoms with E-state index in [0.29, 0.717) is 0 Å². The first-order valence-electron chi connectivity index (χ1n) is 8.33. The number of nitrogens with one attached hydrogen (secondary N) is 2. The minimum absolute atomic E-state index is 0.132. The third-order valence-corrected chi connectivity index (χ3v) is 4.27. The number of ether oxygens (including phenoxy) is 1. The molecular weight excluding hydrogens is 390 g/mol. The zero-order valence-corrected chi connectivity index (χ0v) is 15.0. The van der Waals surface area contributed by atoms with Crippen LogP contribution >= 0.6 is 12.2 Å². The number of non-ortho nitro benzene ring substituents is 1. The van der Waals surface area contributed by atoms with Crippen molar-refractivity contribution in [1.82, 2.24) is 5.32 Å². The first kappa shape index (κ1) is 21.1. The van der Waals surface area contributed by atoms with E-state index in [0.717, 1.165) is 44.2 Å². The summed E-state index contributed by atoms with van der Waals surface area (Å²) in [5.41, 5.74) is -0.316. The van der Waals surface area contributed by atoms with E-state index in [9.17, 15) is 27.7 Å². The minimum atomic E-state index is -4.37. The highest BCUT2D eigenvalue weighted by Crippen LogP contribution is 2.29. The highest BCUT2D eigenvalue weighted by molar-refractivity contribution is 7.80. The van der Waals surface area contributed by atoms with Crippen molar-refractivity contribution in [3.8, 4) is 5.75 Å². The maximum Gasteiger partial charge on any atom is 0.340 e. The van der Waals surface area contributed by atoms with Crippen LogP contribution in [-0.2, 0) is 0 Å². The first-order chi connectivity index (χ1) is 12.7. The fraction of sp³-hybridized carbons (Fsp3) is 0.562. The van der Waals surface area contributed by atoms with Crippen molar-refractivity contribution in [2.24, 2.45) is 0 Å². The molecule has 1 aliphatic carbocycles. The lowest BCUT2D eigenvalue weighted by molar-refractivity contribution is -0.384. The van der Waals surface area contributed by atoms with Gasteiger partial charge in [0.15, 0.2) is 11.7 Å². The van der Waals surface area contributed by atoms with Crippen LogP contribution in [-0.4, -0.2) is 35.0 Å². The average Bonchev–Trinajstić information content (AvgIpc) is 2.60. The first-order valence-corrected chi connectivity index (χ1v) is 8.74. The third-order valence-electron chi connectivity index (χ3n) is 4.05. The number of rotatable bonds is 7. The van der Waals surface area contributed by atoms with E-state index in [1.807, 2.05) is 0 Å². The Hall–Kier alpha value is -2.17. The third kappa shape index (κ3) is 6.49. The Balaban J connectivity index is 2.07. The molecule has 0 unspecified atom stereocenters. The van der Waals surface area contributed by atoms with Gasteiger partial charge in [-0.1, -0.05) is 19.3 Å². The smallest absolute Gasteiger partial charge is 0.340 e. The van der Waals surface area contributed by atoms with Gasteiger partial charge in [-0.2, -0.15) is 8.78 Å². The maximum atomic E-state index is 13.0. The zero-order chi connectivity index (χ0) is 20.0. The summed E-state index contributed by atoms with van der Waals surface area (Å²) in [6.07, 6.45) is 1.32. The summed E-state index contributed by atoms with van der Waals surface area (Å²) >= 11 is 5.18. The average molecular weight is 409 g/mol. The molecule has 0 bridgehead atoms. The fourth-order valence-electron chi connectivity index (χ4n) is 2.69. The molecule has 0 heterocycles. The van der Waals surface area contributed by atoms with Crippen LogP contribution in [0.25, 0.3) is 0 Å². The summed E-state index contributed by atoms with van der Waals surface area (Å²) in [4.78, 5) is 10.3. The summed E-state index contributed by atoms with van der Waals surface area (Å²) in [6, 6.07) is 3.40. The van der Waals surface area contributed by atoms with Crippen LogP contribution in [0.4, 0.5) is 28.9 Å². The number of nitro benzene ring substituents is 1. The Bertz CT molecular complexity index is 685. The Morgan fingerprint density at radius 2 is 1.96 bits per heavy atom. The van der Waals surface area contributed by atoms with Crippen molar-refractivity contribution in [1.29, 1.82) is 0 Å². The van der Waals surface area contributed by atoms with Crippen molar-refractivity contribution in [3.05, 3.63) is 28.3 Å². The number of halogens is 4. The van der Waals surface area contributed by atoms with E-state index in [1.54, 1.807) is 0 Å². The van der Waals surface area contributed by atoms with Crippen LogP contribution in [0, 0.1) is 10.1 Å². The van der Waals surface area contributed by atoms with Crippen molar-refractivity contribution in [3.63, 3.8) is 0 Å². The Morgan fingerprint density at radius 3 is 2.56 bits per heavy atom. The van der Waals surface area contributed by atoms with Gasteiger partial charge in [0.2, 0.25) is 0 Å². The van der Waals surface area contributed by atoms with Gasteiger partial charge in [-0.3, -0.25) is 10.1 Å².